The Labute approximate surface area is 149 Å². The zero-order valence-electron chi connectivity index (χ0n) is 13.5. The Kier molecular flexibility index (Phi) is 5.00. The standard InChI is InChI=1S/C18H16ClN3O3/c1-2-22-10-13(12-6-3-4-8-15(12)22)18(24)25-11-16(23)21-14-7-5-9-20-17(14)19/h3-10H,2,11H2,1H3,(H,21,23). The van der Waals surface area contributed by atoms with Crippen molar-refractivity contribution in [2.45, 2.75) is 13.5 Å². The van der Waals surface area contributed by atoms with Crippen molar-refractivity contribution in [3.05, 3.63) is 59.5 Å². The van der Waals surface area contributed by atoms with Crippen LogP contribution in [0.3, 0.4) is 0 Å². The lowest BCUT2D eigenvalue weighted by Gasteiger charge is -2.07. The normalized spacial score (nSPS) is 10.6. The highest BCUT2D eigenvalue weighted by Gasteiger charge is 2.17. The number of halogens is 1. The predicted octanol–water partition coefficient (Wildman–Crippen LogP) is 3.51. The van der Waals surface area contributed by atoms with E-state index in [2.05, 4.69) is 10.3 Å². The second kappa shape index (κ2) is 7.36. The highest BCUT2D eigenvalue weighted by molar-refractivity contribution is 6.32. The molecule has 1 amide bonds. The third kappa shape index (κ3) is 3.64. The number of nitrogens with one attached hydrogen (secondary N) is 1. The van der Waals surface area contributed by atoms with Gasteiger partial charge in [0.05, 0.1) is 11.3 Å². The lowest BCUT2D eigenvalue weighted by Crippen LogP contribution is -2.21. The molecule has 1 aromatic carbocycles. The molecule has 0 aliphatic rings. The van der Waals surface area contributed by atoms with Gasteiger partial charge in [-0.2, -0.15) is 0 Å². The number of rotatable bonds is 5. The van der Waals surface area contributed by atoms with E-state index in [9.17, 15) is 9.59 Å². The van der Waals surface area contributed by atoms with E-state index in [4.69, 9.17) is 16.3 Å². The van der Waals surface area contributed by atoms with E-state index >= 15 is 0 Å². The Balaban J connectivity index is 1.69. The van der Waals surface area contributed by atoms with E-state index in [0.29, 0.717) is 11.3 Å². The van der Waals surface area contributed by atoms with Crippen molar-refractivity contribution in [3.8, 4) is 0 Å². The molecule has 0 radical (unpaired) electrons. The second-order valence-corrected chi connectivity index (χ2v) is 5.67. The maximum Gasteiger partial charge on any atom is 0.340 e. The number of amides is 1. The minimum Gasteiger partial charge on any atom is -0.452 e. The molecule has 0 atom stereocenters. The number of para-hydroxylation sites is 1. The van der Waals surface area contributed by atoms with Gasteiger partial charge in [0.1, 0.15) is 0 Å². The number of nitrogens with zero attached hydrogens (tertiary/aromatic N) is 2. The van der Waals surface area contributed by atoms with Crippen LogP contribution in [0.5, 0.6) is 0 Å². The molecule has 7 heteroatoms. The summed E-state index contributed by atoms with van der Waals surface area (Å²) < 4.78 is 7.10. The van der Waals surface area contributed by atoms with Crippen LogP contribution in [0.2, 0.25) is 5.15 Å². The van der Waals surface area contributed by atoms with Crippen LogP contribution < -0.4 is 5.32 Å². The van der Waals surface area contributed by atoms with Gasteiger partial charge in [0.15, 0.2) is 11.8 Å². The molecule has 0 bridgehead atoms. The molecule has 3 rings (SSSR count). The van der Waals surface area contributed by atoms with Crippen molar-refractivity contribution in [1.29, 1.82) is 0 Å². The van der Waals surface area contributed by atoms with Gasteiger partial charge < -0.3 is 14.6 Å². The lowest BCUT2D eigenvalue weighted by molar-refractivity contribution is -0.119. The van der Waals surface area contributed by atoms with Crippen molar-refractivity contribution >= 4 is 40.1 Å². The molecule has 3 aromatic rings. The van der Waals surface area contributed by atoms with Gasteiger partial charge in [-0.15, -0.1) is 0 Å². The number of aromatic nitrogens is 2. The van der Waals surface area contributed by atoms with Gasteiger partial charge in [0.2, 0.25) is 0 Å². The average Bonchev–Trinajstić information content (AvgIpc) is 3.00. The topological polar surface area (TPSA) is 73.2 Å². The number of ether oxygens (including phenoxy) is 1. The van der Waals surface area contributed by atoms with Gasteiger partial charge in [0.25, 0.3) is 5.91 Å². The number of hydrogen-bond acceptors (Lipinski definition) is 4. The first-order valence-corrected chi connectivity index (χ1v) is 8.13. The average molecular weight is 358 g/mol. The Morgan fingerprint density at radius 2 is 2.04 bits per heavy atom. The summed E-state index contributed by atoms with van der Waals surface area (Å²) in [6.45, 7) is 2.32. The lowest BCUT2D eigenvalue weighted by atomic mass is 10.2. The van der Waals surface area contributed by atoms with Crippen molar-refractivity contribution in [2.24, 2.45) is 0 Å². The first-order chi connectivity index (χ1) is 12.1. The molecule has 0 saturated carbocycles. The van der Waals surface area contributed by atoms with Crippen LogP contribution in [-0.4, -0.2) is 28.0 Å². The van der Waals surface area contributed by atoms with Crippen molar-refractivity contribution < 1.29 is 14.3 Å². The van der Waals surface area contributed by atoms with Gasteiger partial charge in [0, 0.05) is 29.8 Å². The third-order valence-electron chi connectivity index (χ3n) is 3.72. The molecule has 2 heterocycles. The fourth-order valence-electron chi connectivity index (χ4n) is 2.55. The Hall–Kier alpha value is -2.86. The Morgan fingerprint density at radius 3 is 2.80 bits per heavy atom. The molecule has 1 N–H and O–H groups in total. The molecule has 0 aliphatic carbocycles. The Bertz CT molecular complexity index is 936. The number of benzene rings is 1. The summed E-state index contributed by atoms with van der Waals surface area (Å²) in [5.74, 6) is -1.03. The fourth-order valence-corrected chi connectivity index (χ4v) is 2.71. The molecular weight excluding hydrogens is 342 g/mol. The number of fused-ring (bicyclic) bond motifs is 1. The summed E-state index contributed by atoms with van der Waals surface area (Å²) in [6.07, 6.45) is 3.25. The quantitative estimate of drug-likeness (QED) is 0.560. The second-order valence-electron chi connectivity index (χ2n) is 5.31. The first-order valence-electron chi connectivity index (χ1n) is 7.75. The molecule has 6 nitrogen and oxygen atoms in total. The molecule has 0 unspecified atom stereocenters. The van der Waals surface area contributed by atoms with Crippen LogP contribution >= 0.6 is 11.6 Å². The van der Waals surface area contributed by atoms with E-state index in [1.807, 2.05) is 35.8 Å². The van der Waals surface area contributed by atoms with Gasteiger partial charge in [-0.3, -0.25) is 4.79 Å². The highest BCUT2D eigenvalue weighted by atomic mass is 35.5. The van der Waals surface area contributed by atoms with Crippen LogP contribution in [0.25, 0.3) is 10.9 Å². The minimum absolute atomic E-state index is 0.174. The van der Waals surface area contributed by atoms with Crippen molar-refractivity contribution in [2.75, 3.05) is 11.9 Å². The van der Waals surface area contributed by atoms with E-state index in [1.54, 1.807) is 18.3 Å². The molecule has 0 aliphatic heterocycles. The van der Waals surface area contributed by atoms with E-state index in [0.717, 1.165) is 17.4 Å². The number of aryl methyl sites for hydroxylation is 1. The maximum absolute atomic E-state index is 12.4. The number of pyridine rings is 1. The van der Waals surface area contributed by atoms with Gasteiger partial charge in [-0.1, -0.05) is 29.8 Å². The summed E-state index contributed by atoms with van der Waals surface area (Å²) in [5.41, 5.74) is 1.75. The van der Waals surface area contributed by atoms with Crippen LogP contribution in [-0.2, 0) is 16.1 Å². The smallest absolute Gasteiger partial charge is 0.340 e. The van der Waals surface area contributed by atoms with E-state index in [-0.39, 0.29) is 5.15 Å². The fraction of sp³-hybridized carbons (Fsp3) is 0.167. The number of hydrogen-bond donors (Lipinski definition) is 1. The first kappa shape index (κ1) is 17.0. The van der Waals surface area contributed by atoms with Gasteiger partial charge in [-0.05, 0) is 25.1 Å². The largest absolute Gasteiger partial charge is 0.452 e. The van der Waals surface area contributed by atoms with Crippen LogP contribution in [0.1, 0.15) is 17.3 Å². The monoisotopic (exact) mass is 357 g/mol. The van der Waals surface area contributed by atoms with Crippen LogP contribution in [0, 0.1) is 0 Å². The molecule has 25 heavy (non-hydrogen) atoms. The summed E-state index contributed by atoms with van der Waals surface area (Å²) in [4.78, 5) is 28.2. The van der Waals surface area contributed by atoms with Crippen molar-refractivity contribution in [1.82, 2.24) is 9.55 Å². The van der Waals surface area contributed by atoms with Gasteiger partial charge in [-0.25, -0.2) is 9.78 Å². The number of anilines is 1. The molecular formula is C18H16ClN3O3. The van der Waals surface area contributed by atoms with E-state index in [1.165, 1.54) is 6.20 Å². The predicted molar refractivity (Wildman–Crippen MR) is 95.8 cm³/mol. The summed E-state index contributed by atoms with van der Waals surface area (Å²) in [5, 5.41) is 3.53. The summed E-state index contributed by atoms with van der Waals surface area (Å²) in [7, 11) is 0. The highest BCUT2D eigenvalue weighted by Crippen LogP contribution is 2.22. The van der Waals surface area contributed by atoms with Crippen LogP contribution in [0.4, 0.5) is 5.69 Å². The number of esters is 1. The molecule has 0 fully saturated rings. The summed E-state index contributed by atoms with van der Waals surface area (Å²) in [6, 6.07) is 10.8. The minimum atomic E-state index is -0.546. The van der Waals surface area contributed by atoms with Crippen LogP contribution in [0.15, 0.2) is 48.8 Å². The maximum atomic E-state index is 12.4. The Morgan fingerprint density at radius 1 is 1.24 bits per heavy atom. The molecule has 0 saturated heterocycles. The SMILES string of the molecule is CCn1cc(C(=O)OCC(=O)Nc2cccnc2Cl)c2ccccc21. The number of carbonyl (C=O) groups excluding carboxylic acids is 2. The zero-order valence-corrected chi connectivity index (χ0v) is 14.3. The molecule has 128 valence electrons. The zero-order chi connectivity index (χ0) is 17.8. The summed E-state index contributed by atoms with van der Waals surface area (Å²) >= 11 is 5.87. The van der Waals surface area contributed by atoms with Gasteiger partial charge >= 0.3 is 5.97 Å². The molecule has 0 spiro atoms. The number of carbonyl (C=O) groups is 2. The molecule has 2 aromatic heterocycles. The van der Waals surface area contributed by atoms with E-state index < -0.39 is 18.5 Å². The van der Waals surface area contributed by atoms with Crippen molar-refractivity contribution in [3.63, 3.8) is 0 Å². The third-order valence-corrected chi connectivity index (χ3v) is 4.02.